The van der Waals surface area contributed by atoms with E-state index in [0.717, 1.165) is 35.4 Å². The molecule has 1 saturated heterocycles. The summed E-state index contributed by atoms with van der Waals surface area (Å²) in [6, 6.07) is 15.7. The number of sulfonamides is 1. The van der Waals surface area contributed by atoms with Gasteiger partial charge in [0.1, 0.15) is 5.82 Å². The fraction of sp³-hybridized carbons (Fsp3) is 0.261. The van der Waals surface area contributed by atoms with Gasteiger partial charge in [-0.05, 0) is 60.4 Å². The van der Waals surface area contributed by atoms with E-state index >= 15 is 0 Å². The number of rotatable bonds is 3. The molecule has 2 bridgehead atoms. The summed E-state index contributed by atoms with van der Waals surface area (Å²) in [4.78, 5) is 12.7. The van der Waals surface area contributed by atoms with Gasteiger partial charge in [0.25, 0.3) is 5.56 Å². The predicted molar refractivity (Wildman–Crippen MR) is 117 cm³/mol. The minimum Gasteiger partial charge on any atom is -0.311 e. The van der Waals surface area contributed by atoms with Crippen molar-refractivity contribution < 1.29 is 12.8 Å². The van der Waals surface area contributed by atoms with E-state index in [1.807, 2.05) is 18.2 Å². The number of hydrogen-bond acceptors (Lipinski definition) is 3. The van der Waals surface area contributed by atoms with Crippen LogP contribution in [0.5, 0.6) is 0 Å². The van der Waals surface area contributed by atoms with E-state index in [1.165, 1.54) is 16.4 Å². The van der Waals surface area contributed by atoms with Gasteiger partial charge in [-0.2, -0.15) is 4.31 Å². The lowest BCUT2D eigenvalue weighted by Crippen LogP contribution is -2.49. The highest BCUT2D eigenvalue weighted by Gasteiger charge is 2.40. The third kappa shape index (κ3) is 3.60. The van der Waals surface area contributed by atoms with E-state index in [-0.39, 0.29) is 28.8 Å². The van der Waals surface area contributed by atoms with Crippen LogP contribution in [0.15, 0.2) is 70.4 Å². The molecule has 5 rings (SSSR count). The van der Waals surface area contributed by atoms with Gasteiger partial charge in [-0.1, -0.05) is 23.7 Å². The van der Waals surface area contributed by atoms with Gasteiger partial charge >= 0.3 is 0 Å². The van der Waals surface area contributed by atoms with Gasteiger partial charge in [-0.15, -0.1) is 0 Å². The number of hydrogen-bond donors (Lipinski definition) is 0. The quantitative estimate of drug-likeness (QED) is 0.593. The van der Waals surface area contributed by atoms with E-state index in [2.05, 4.69) is 0 Å². The fourth-order valence-corrected chi connectivity index (χ4v) is 6.48. The van der Waals surface area contributed by atoms with Crippen molar-refractivity contribution >= 4 is 21.6 Å². The normalized spacial score (nSPS) is 21.0. The Morgan fingerprint density at radius 3 is 2.32 bits per heavy atom. The SMILES string of the molecule is O=c1ccc(-c2ccc(Cl)cc2)c2n1C[C@H]1C[C@@H]2CN(S(=O)(=O)c2ccc(F)cc2)C1. The van der Waals surface area contributed by atoms with Gasteiger partial charge in [-0.25, -0.2) is 12.8 Å². The van der Waals surface area contributed by atoms with E-state index in [9.17, 15) is 17.6 Å². The Morgan fingerprint density at radius 1 is 0.903 bits per heavy atom. The molecular formula is C23H20ClFN2O3S. The molecule has 31 heavy (non-hydrogen) atoms. The summed E-state index contributed by atoms with van der Waals surface area (Å²) in [5.74, 6) is -0.544. The van der Waals surface area contributed by atoms with Crippen LogP contribution in [0.25, 0.3) is 11.1 Å². The first-order chi connectivity index (χ1) is 14.8. The van der Waals surface area contributed by atoms with Gasteiger partial charge in [0.2, 0.25) is 10.0 Å². The Kier molecular flexibility index (Phi) is 5.00. The Balaban J connectivity index is 1.56. The molecule has 3 aromatic rings. The molecule has 1 aromatic heterocycles. The van der Waals surface area contributed by atoms with Gasteiger partial charge in [-0.3, -0.25) is 4.79 Å². The average molecular weight is 459 g/mol. The molecule has 8 heteroatoms. The van der Waals surface area contributed by atoms with Crippen LogP contribution in [0.1, 0.15) is 18.0 Å². The van der Waals surface area contributed by atoms with E-state index in [4.69, 9.17) is 11.6 Å². The third-order valence-corrected chi connectivity index (χ3v) is 8.26. The molecule has 0 spiro atoms. The minimum atomic E-state index is -3.75. The maximum Gasteiger partial charge on any atom is 0.250 e. The van der Waals surface area contributed by atoms with Gasteiger partial charge < -0.3 is 4.57 Å². The van der Waals surface area contributed by atoms with Crippen LogP contribution >= 0.6 is 11.6 Å². The topological polar surface area (TPSA) is 59.4 Å². The fourth-order valence-electron chi connectivity index (χ4n) is 4.80. The summed E-state index contributed by atoms with van der Waals surface area (Å²) in [5, 5.41) is 0.625. The van der Waals surface area contributed by atoms with Crippen molar-refractivity contribution in [2.75, 3.05) is 13.1 Å². The first-order valence-corrected chi connectivity index (χ1v) is 11.9. The predicted octanol–water partition coefficient (Wildman–Crippen LogP) is 4.12. The lowest BCUT2D eigenvalue weighted by Gasteiger charge is -2.42. The van der Waals surface area contributed by atoms with Crippen molar-refractivity contribution in [3.63, 3.8) is 0 Å². The average Bonchev–Trinajstić information content (AvgIpc) is 2.75. The van der Waals surface area contributed by atoms with Gasteiger partial charge in [0.05, 0.1) is 4.90 Å². The van der Waals surface area contributed by atoms with Crippen LogP contribution in [0, 0.1) is 11.7 Å². The van der Waals surface area contributed by atoms with Crippen molar-refractivity contribution in [3.05, 3.63) is 87.6 Å². The largest absolute Gasteiger partial charge is 0.311 e. The van der Waals surface area contributed by atoms with Crippen LogP contribution in [-0.4, -0.2) is 30.4 Å². The van der Waals surface area contributed by atoms with E-state index in [1.54, 1.807) is 22.8 Å². The molecule has 0 unspecified atom stereocenters. The molecular weight excluding hydrogens is 439 g/mol. The summed E-state index contributed by atoms with van der Waals surface area (Å²) in [6.07, 6.45) is 0.819. The van der Waals surface area contributed by atoms with Crippen LogP contribution in [0.3, 0.4) is 0 Å². The van der Waals surface area contributed by atoms with Crippen LogP contribution < -0.4 is 5.56 Å². The molecule has 0 N–H and O–H groups in total. The molecule has 2 aliphatic rings. The molecule has 3 heterocycles. The second-order valence-electron chi connectivity index (χ2n) is 8.16. The van der Waals surface area contributed by atoms with Crippen LogP contribution in [-0.2, 0) is 16.6 Å². The number of nitrogens with zero attached hydrogens (tertiary/aromatic N) is 2. The first kappa shape index (κ1) is 20.4. The van der Waals surface area contributed by atoms with E-state index < -0.39 is 15.8 Å². The van der Waals surface area contributed by atoms with E-state index in [0.29, 0.717) is 18.1 Å². The Bertz CT molecular complexity index is 1300. The molecule has 5 nitrogen and oxygen atoms in total. The third-order valence-electron chi connectivity index (χ3n) is 6.16. The van der Waals surface area contributed by atoms with Gasteiger partial charge in [0, 0.05) is 47.9 Å². The smallest absolute Gasteiger partial charge is 0.250 e. The zero-order valence-corrected chi connectivity index (χ0v) is 18.1. The Labute approximate surface area is 184 Å². The molecule has 2 atom stereocenters. The monoisotopic (exact) mass is 458 g/mol. The summed E-state index contributed by atoms with van der Waals surface area (Å²) in [6.45, 7) is 1.09. The Hall–Kier alpha value is -2.48. The zero-order valence-electron chi connectivity index (χ0n) is 16.5. The standard InChI is InChI=1S/C23H20ClFN2O3S/c24-18-3-1-16(2-4-18)21-9-10-22(28)27-13-15-11-17(23(21)27)14-26(12-15)31(29,30)20-7-5-19(25)6-8-20/h1-10,15,17H,11-14H2/t15-,17+/m0/s1. The maximum atomic E-state index is 13.3. The second-order valence-corrected chi connectivity index (χ2v) is 10.5. The summed E-state index contributed by atoms with van der Waals surface area (Å²) in [7, 11) is -3.75. The number of piperidine rings is 1. The summed E-state index contributed by atoms with van der Waals surface area (Å²) >= 11 is 6.04. The molecule has 0 aliphatic carbocycles. The lowest BCUT2D eigenvalue weighted by molar-refractivity contribution is 0.187. The summed E-state index contributed by atoms with van der Waals surface area (Å²) in [5.41, 5.74) is 2.65. The lowest BCUT2D eigenvalue weighted by atomic mass is 9.81. The minimum absolute atomic E-state index is 0.0413. The van der Waals surface area contributed by atoms with Crippen molar-refractivity contribution in [1.29, 1.82) is 0 Å². The molecule has 160 valence electrons. The maximum absolute atomic E-state index is 13.3. The van der Waals surface area contributed by atoms with Crippen molar-refractivity contribution in [2.24, 2.45) is 5.92 Å². The highest BCUT2D eigenvalue weighted by atomic mass is 35.5. The van der Waals surface area contributed by atoms with Crippen molar-refractivity contribution in [1.82, 2.24) is 8.87 Å². The molecule has 0 radical (unpaired) electrons. The second kappa shape index (κ2) is 7.58. The van der Waals surface area contributed by atoms with Crippen LogP contribution in [0.4, 0.5) is 4.39 Å². The number of halogens is 2. The van der Waals surface area contributed by atoms with Crippen molar-refractivity contribution in [3.8, 4) is 11.1 Å². The molecule has 0 amide bonds. The number of benzene rings is 2. The van der Waals surface area contributed by atoms with Crippen LogP contribution in [0.2, 0.25) is 5.02 Å². The first-order valence-electron chi connectivity index (χ1n) is 10.1. The van der Waals surface area contributed by atoms with Crippen molar-refractivity contribution in [2.45, 2.75) is 23.8 Å². The summed E-state index contributed by atoms with van der Waals surface area (Å²) < 4.78 is 43.0. The highest BCUT2D eigenvalue weighted by molar-refractivity contribution is 7.89. The Morgan fingerprint density at radius 2 is 1.61 bits per heavy atom. The molecule has 2 aliphatic heterocycles. The molecule has 2 aromatic carbocycles. The highest BCUT2D eigenvalue weighted by Crippen LogP contribution is 2.41. The zero-order chi connectivity index (χ0) is 21.8. The number of fused-ring (bicyclic) bond motifs is 4. The molecule has 0 saturated carbocycles. The number of aromatic nitrogens is 1. The van der Waals surface area contributed by atoms with Gasteiger partial charge in [0.15, 0.2) is 0 Å². The number of pyridine rings is 1. The molecule has 1 fully saturated rings.